The first-order valence-corrected chi connectivity index (χ1v) is 7.12. The van der Waals surface area contributed by atoms with Gasteiger partial charge in [-0.25, -0.2) is 0 Å². The molecule has 0 saturated heterocycles. The zero-order chi connectivity index (χ0) is 17.9. The van der Waals surface area contributed by atoms with Crippen molar-refractivity contribution in [3.8, 4) is 17.7 Å². The first kappa shape index (κ1) is 17.0. The van der Waals surface area contributed by atoms with Crippen LogP contribution in [0, 0.1) is 18.3 Å². The van der Waals surface area contributed by atoms with E-state index < -0.39 is 17.2 Å². The number of allylic oxidation sites excluding steroid dienone is 1. The van der Waals surface area contributed by atoms with E-state index in [0.717, 1.165) is 4.57 Å². The summed E-state index contributed by atoms with van der Waals surface area (Å²) < 4.78 is 6.00. The molecule has 0 bridgehead atoms. The van der Waals surface area contributed by atoms with E-state index in [1.54, 1.807) is 30.3 Å². The number of carbonyl (C=O) groups excluding carboxylic acids is 1. The third-order valence-electron chi connectivity index (χ3n) is 3.69. The van der Waals surface area contributed by atoms with Crippen LogP contribution < -0.4 is 10.3 Å². The average molecular weight is 324 g/mol. The molecule has 0 fully saturated rings. The van der Waals surface area contributed by atoms with Crippen LogP contribution in [0.15, 0.2) is 41.7 Å². The molecule has 122 valence electrons. The fraction of sp³-hybridized carbons (Fsp3) is 0.167. The number of ether oxygens (including phenoxy) is 1. The van der Waals surface area contributed by atoms with E-state index in [9.17, 15) is 20.0 Å². The van der Waals surface area contributed by atoms with Crippen molar-refractivity contribution >= 4 is 5.78 Å². The molecule has 1 N–H and O–H groups in total. The number of aromatic nitrogens is 1. The Morgan fingerprint density at radius 3 is 2.54 bits per heavy atom. The molecule has 0 aliphatic rings. The lowest BCUT2D eigenvalue weighted by atomic mass is 9.97. The van der Waals surface area contributed by atoms with E-state index >= 15 is 0 Å². The van der Waals surface area contributed by atoms with Crippen LogP contribution in [0.3, 0.4) is 0 Å². The van der Waals surface area contributed by atoms with Crippen molar-refractivity contribution in [3.63, 3.8) is 0 Å². The summed E-state index contributed by atoms with van der Waals surface area (Å²) in [6, 6.07) is 8.14. The number of nitrogens with zero attached hydrogens (tertiary/aromatic N) is 2. The number of rotatable bonds is 5. The first-order valence-electron chi connectivity index (χ1n) is 7.12. The Bertz CT molecular complexity index is 903. The summed E-state index contributed by atoms with van der Waals surface area (Å²) in [5.74, 6) is -0.374. The van der Waals surface area contributed by atoms with Gasteiger partial charge in [0.15, 0.2) is 5.78 Å². The van der Waals surface area contributed by atoms with Crippen LogP contribution in [-0.2, 0) is 6.54 Å². The molecule has 2 rings (SSSR count). The molecule has 0 aliphatic heterocycles. The van der Waals surface area contributed by atoms with Crippen LogP contribution in [0.5, 0.6) is 11.6 Å². The lowest BCUT2D eigenvalue weighted by Gasteiger charge is -2.14. The number of aromatic hydroxyl groups is 1. The predicted octanol–water partition coefficient (Wildman–Crippen LogP) is 2.16. The predicted molar refractivity (Wildman–Crippen MR) is 88.4 cm³/mol. The molecule has 0 radical (unpaired) electrons. The molecule has 0 amide bonds. The monoisotopic (exact) mass is 324 g/mol. The second-order valence-corrected chi connectivity index (χ2v) is 5.07. The largest absolute Gasteiger partial charge is 0.497 e. The maximum absolute atomic E-state index is 12.8. The highest BCUT2D eigenvalue weighted by Crippen LogP contribution is 2.25. The molecule has 24 heavy (non-hydrogen) atoms. The maximum Gasteiger partial charge on any atom is 0.271 e. The molecule has 0 spiro atoms. The van der Waals surface area contributed by atoms with Gasteiger partial charge in [0.2, 0.25) is 5.88 Å². The summed E-state index contributed by atoms with van der Waals surface area (Å²) in [6.45, 7) is 4.97. The lowest BCUT2D eigenvalue weighted by Crippen LogP contribution is -2.26. The van der Waals surface area contributed by atoms with Crippen molar-refractivity contribution in [3.05, 3.63) is 69.5 Å². The van der Waals surface area contributed by atoms with Crippen LogP contribution in [0.1, 0.15) is 27.0 Å². The van der Waals surface area contributed by atoms with Crippen LogP contribution in [-0.4, -0.2) is 22.6 Å². The van der Waals surface area contributed by atoms with Gasteiger partial charge in [-0.05, 0) is 36.8 Å². The second-order valence-electron chi connectivity index (χ2n) is 5.07. The number of carbonyl (C=O) groups is 1. The van der Waals surface area contributed by atoms with Crippen molar-refractivity contribution < 1.29 is 14.6 Å². The molecule has 2 aromatic rings. The van der Waals surface area contributed by atoms with Gasteiger partial charge in [0.25, 0.3) is 5.56 Å². The van der Waals surface area contributed by atoms with Gasteiger partial charge < -0.3 is 9.84 Å². The van der Waals surface area contributed by atoms with Crippen LogP contribution in [0.2, 0.25) is 0 Å². The number of ketones is 1. The molecule has 0 unspecified atom stereocenters. The summed E-state index contributed by atoms with van der Waals surface area (Å²) in [7, 11) is 1.51. The quantitative estimate of drug-likeness (QED) is 0.672. The average Bonchev–Trinajstić information content (AvgIpc) is 2.59. The molecule has 1 aromatic carbocycles. The number of hydrogen-bond acceptors (Lipinski definition) is 5. The summed E-state index contributed by atoms with van der Waals surface area (Å²) in [4.78, 5) is 25.0. The molecule has 0 saturated carbocycles. The number of nitriles is 1. The standard InChI is InChI=1S/C18H16N2O4/c1-4-9-20-17(22)14(10-19)11(2)15(18(20)23)16(21)12-5-7-13(24-3)8-6-12/h4-8,23H,1,9H2,2-3H3. The Morgan fingerprint density at radius 2 is 2.04 bits per heavy atom. The minimum Gasteiger partial charge on any atom is -0.497 e. The fourth-order valence-electron chi connectivity index (χ4n) is 2.41. The van der Waals surface area contributed by atoms with E-state index in [0.29, 0.717) is 11.3 Å². The van der Waals surface area contributed by atoms with E-state index in [-0.39, 0.29) is 23.2 Å². The maximum atomic E-state index is 12.8. The smallest absolute Gasteiger partial charge is 0.271 e. The molecular weight excluding hydrogens is 308 g/mol. The number of hydrogen-bond donors (Lipinski definition) is 1. The van der Waals surface area contributed by atoms with Crippen molar-refractivity contribution in [1.82, 2.24) is 4.57 Å². The van der Waals surface area contributed by atoms with E-state index in [2.05, 4.69) is 6.58 Å². The summed E-state index contributed by atoms with van der Waals surface area (Å²) >= 11 is 0. The SMILES string of the molecule is C=CCn1c(O)c(C(=O)c2ccc(OC)cc2)c(C)c(C#N)c1=O. The normalized spacial score (nSPS) is 10.0. The lowest BCUT2D eigenvalue weighted by molar-refractivity contribution is 0.103. The highest BCUT2D eigenvalue weighted by Gasteiger charge is 2.24. The second kappa shape index (κ2) is 6.84. The highest BCUT2D eigenvalue weighted by molar-refractivity contribution is 6.11. The molecule has 0 atom stereocenters. The fourth-order valence-corrected chi connectivity index (χ4v) is 2.41. The molecule has 1 aromatic heterocycles. The van der Waals surface area contributed by atoms with Crippen molar-refractivity contribution in [2.75, 3.05) is 7.11 Å². The minimum atomic E-state index is -0.654. The van der Waals surface area contributed by atoms with Crippen molar-refractivity contribution in [2.24, 2.45) is 0 Å². The van der Waals surface area contributed by atoms with Gasteiger partial charge in [-0.2, -0.15) is 5.26 Å². The van der Waals surface area contributed by atoms with E-state index in [1.165, 1.54) is 20.1 Å². The molecular formula is C18H16N2O4. The van der Waals surface area contributed by atoms with Gasteiger partial charge in [0.05, 0.1) is 12.7 Å². The molecule has 0 aliphatic carbocycles. The van der Waals surface area contributed by atoms with Gasteiger partial charge in [-0.15, -0.1) is 6.58 Å². The van der Waals surface area contributed by atoms with Crippen molar-refractivity contribution in [2.45, 2.75) is 13.5 Å². The van der Waals surface area contributed by atoms with Gasteiger partial charge in [0, 0.05) is 12.1 Å². The van der Waals surface area contributed by atoms with Crippen LogP contribution in [0.4, 0.5) is 0 Å². The Hall–Kier alpha value is -3.33. The first-order chi connectivity index (χ1) is 11.5. The molecule has 1 heterocycles. The van der Waals surface area contributed by atoms with Gasteiger partial charge in [-0.1, -0.05) is 6.08 Å². The van der Waals surface area contributed by atoms with Gasteiger partial charge in [-0.3, -0.25) is 14.2 Å². The zero-order valence-corrected chi connectivity index (χ0v) is 13.4. The Kier molecular flexibility index (Phi) is 4.85. The third kappa shape index (κ3) is 2.79. The summed E-state index contributed by atoms with van der Waals surface area (Å²) in [5, 5.41) is 19.6. The topological polar surface area (TPSA) is 92.3 Å². The van der Waals surface area contributed by atoms with E-state index in [4.69, 9.17) is 4.74 Å². The zero-order valence-electron chi connectivity index (χ0n) is 13.4. The Morgan fingerprint density at radius 1 is 1.42 bits per heavy atom. The highest BCUT2D eigenvalue weighted by atomic mass is 16.5. The van der Waals surface area contributed by atoms with Gasteiger partial charge >= 0.3 is 0 Å². The number of benzene rings is 1. The Balaban J connectivity index is 2.70. The van der Waals surface area contributed by atoms with Crippen LogP contribution in [0.25, 0.3) is 0 Å². The molecule has 6 nitrogen and oxygen atoms in total. The van der Waals surface area contributed by atoms with Gasteiger partial charge in [0.1, 0.15) is 17.4 Å². The van der Waals surface area contributed by atoms with Crippen LogP contribution >= 0.6 is 0 Å². The van der Waals surface area contributed by atoms with Crippen molar-refractivity contribution in [1.29, 1.82) is 5.26 Å². The minimum absolute atomic E-state index is 0.0114. The third-order valence-corrected chi connectivity index (χ3v) is 3.69. The summed E-state index contributed by atoms with van der Waals surface area (Å²) in [5.41, 5.74) is -0.439. The van der Waals surface area contributed by atoms with E-state index in [1.807, 2.05) is 0 Å². The number of pyridine rings is 1. The Labute approximate surface area is 138 Å². The molecule has 6 heteroatoms. The summed E-state index contributed by atoms with van der Waals surface area (Å²) in [6.07, 6.45) is 1.40. The number of methoxy groups -OCH3 is 1.